The molecule has 1 aromatic rings. The summed E-state index contributed by atoms with van der Waals surface area (Å²) < 4.78 is 10.3. The van der Waals surface area contributed by atoms with Gasteiger partial charge in [-0.15, -0.1) is 0 Å². The molecule has 1 aliphatic heterocycles. The van der Waals surface area contributed by atoms with Crippen LogP contribution in [-0.4, -0.2) is 66.8 Å². The van der Waals surface area contributed by atoms with Gasteiger partial charge in [0.15, 0.2) is 0 Å². The van der Waals surface area contributed by atoms with Gasteiger partial charge in [-0.1, -0.05) is 12.2 Å². The number of rotatable bonds is 5. The van der Waals surface area contributed by atoms with E-state index in [1.165, 1.54) is 0 Å². The lowest BCUT2D eigenvalue weighted by Crippen LogP contribution is -2.49. The molecule has 8 heteroatoms. The van der Waals surface area contributed by atoms with E-state index in [1.54, 1.807) is 20.3 Å². The van der Waals surface area contributed by atoms with Crippen molar-refractivity contribution in [3.8, 4) is 11.8 Å². The van der Waals surface area contributed by atoms with Gasteiger partial charge in [0.1, 0.15) is 0 Å². The average molecular weight is 297 g/mol. The van der Waals surface area contributed by atoms with Crippen molar-refractivity contribution in [2.75, 3.05) is 51.8 Å². The molecule has 20 heavy (non-hydrogen) atoms. The van der Waals surface area contributed by atoms with Gasteiger partial charge in [0.25, 0.3) is 0 Å². The molecule has 110 valence electrons. The van der Waals surface area contributed by atoms with Crippen LogP contribution in [0.15, 0.2) is 6.07 Å². The van der Waals surface area contributed by atoms with E-state index in [2.05, 4.69) is 19.8 Å². The van der Waals surface area contributed by atoms with Crippen molar-refractivity contribution >= 4 is 23.2 Å². The van der Waals surface area contributed by atoms with Crippen molar-refractivity contribution in [1.29, 1.82) is 0 Å². The summed E-state index contributed by atoms with van der Waals surface area (Å²) in [5.41, 5.74) is 5.56. The van der Waals surface area contributed by atoms with Crippen LogP contribution in [0.1, 0.15) is 0 Å². The number of thiocarbonyl (C=S) groups is 1. The summed E-state index contributed by atoms with van der Waals surface area (Å²) in [7, 11) is 3.15. The van der Waals surface area contributed by atoms with Gasteiger partial charge in [-0.05, 0) is 0 Å². The molecule has 1 fully saturated rings. The predicted molar refractivity (Wildman–Crippen MR) is 80.6 cm³/mol. The quantitative estimate of drug-likeness (QED) is 0.755. The van der Waals surface area contributed by atoms with Crippen molar-refractivity contribution in [1.82, 2.24) is 14.9 Å². The molecular weight excluding hydrogens is 278 g/mol. The maximum absolute atomic E-state index is 5.56. The Balaban J connectivity index is 2.04. The van der Waals surface area contributed by atoms with Gasteiger partial charge >= 0.3 is 0 Å². The van der Waals surface area contributed by atoms with E-state index in [4.69, 9.17) is 27.4 Å². The molecule has 0 radical (unpaired) electrons. The minimum absolute atomic E-state index is 0.498. The predicted octanol–water partition coefficient (Wildman–Crippen LogP) is -0.0981. The summed E-state index contributed by atoms with van der Waals surface area (Å²) >= 11 is 4.93. The van der Waals surface area contributed by atoms with Crippen LogP contribution in [-0.2, 0) is 0 Å². The molecule has 2 N–H and O–H groups in total. The van der Waals surface area contributed by atoms with Crippen LogP contribution in [0.3, 0.4) is 0 Å². The number of anilines is 1. The summed E-state index contributed by atoms with van der Waals surface area (Å²) in [6.07, 6.45) is 0. The first kappa shape index (κ1) is 14.7. The van der Waals surface area contributed by atoms with Crippen LogP contribution in [0.4, 0.5) is 5.95 Å². The third-order valence-corrected chi connectivity index (χ3v) is 3.25. The van der Waals surface area contributed by atoms with Gasteiger partial charge in [-0.2, -0.15) is 9.97 Å². The molecule has 0 aromatic carbocycles. The molecule has 0 saturated carbocycles. The van der Waals surface area contributed by atoms with E-state index in [1.807, 2.05) is 0 Å². The van der Waals surface area contributed by atoms with Crippen molar-refractivity contribution in [3.63, 3.8) is 0 Å². The average Bonchev–Trinajstić information content (AvgIpc) is 2.46. The smallest absolute Gasteiger partial charge is 0.232 e. The van der Waals surface area contributed by atoms with Crippen LogP contribution in [0.5, 0.6) is 11.8 Å². The first-order valence-electron chi connectivity index (χ1n) is 6.35. The number of piperazine rings is 1. The zero-order chi connectivity index (χ0) is 14.5. The van der Waals surface area contributed by atoms with Gasteiger partial charge in [-0.25, -0.2) is 0 Å². The van der Waals surface area contributed by atoms with Crippen LogP contribution in [0.2, 0.25) is 0 Å². The van der Waals surface area contributed by atoms with Crippen molar-refractivity contribution in [3.05, 3.63) is 6.07 Å². The Morgan fingerprint density at radius 3 is 2.20 bits per heavy atom. The zero-order valence-electron chi connectivity index (χ0n) is 11.7. The Labute approximate surface area is 123 Å². The summed E-state index contributed by atoms with van der Waals surface area (Å²) in [5.74, 6) is 1.62. The van der Waals surface area contributed by atoms with Gasteiger partial charge < -0.3 is 20.1 Å². The highest BCUT2D eigenvalue weighted by atomic mass is 32.1. The molecule has 2 rings (SSSR count). The second kappa shape index (κ2) is 6.67. The Kier molecular flexibility index (Phi) is 4.91. The third-order valence-electron chi connectivity index (χ3n) is 3.12. The lowest BCUT2D eigenvalue weighted by molar-refractivity contribution is 0.289. The summed E-state index contributed by atoms with van der Waals surface area (Å²) in [6.45, 7) is 4.05. The molecule has 1 aliphatic rings. The monoisotopic (exact) mass is 297 g/mol. The fourth-order valence-corrected chi connectivity index (χ4v) is 2.25. The van der Waals surface area contributed by atoms with Gasteiger partial charge in [0.05, 0.1) is 25.3 Å². The van der Waals surface area contributed by atoms with E-state index in [9.17, 15) is 0 Å². The maximum Gasteiger partial charge on any atom is 0.232 e. The van der Waals surface area contributed by atoms with E-state index in [0.717, 1.165) is 26.2 Å². The zero-order valence-corrected chi connectivity index (χ0v) is 12.5. The van der Waals surface area contributed by atoms with Crippen LogP contribution in [0.25, 0.3) is 0 Å². The first-order chi connectivity index (χ1) is 9.62. The SMILES string of the molecule is COc1cc(OC)nc(N2CCN(CC(N)=S)CC2)n1. The number of ether oxygens (including phenoxy) is 2. The second-order valence-electron chi connectivity index (χ2n) is 4.48. The topological polar surface area (TPSA) is 76.7 Å². The number of hydrogen-bond donors (Lipinski definition) is 1. The molecule has 0 unspecified atom stereocenters. The second-order valence-corrected chi connectivity index (χ2v) is 5.01. The van der Waals surface area contributed by atoms with Gasteiger partial charge in [-0.3, -0.25) is 4.90 Å². The van der Waals surface area contributed by atoms with Crippen LogP contribution in [0, 0.1) is 0 Å². The fraction of sp³-hybridized carbons (Fsp3) is 0.583. The molecule has 0 atom stereocenters. The van der Waals surface area contributed by atoms with Crippen molar-refractivity contribution in [2.24, 2.45) is 5.73 Å². The van der Waals surface area contributed by atoms with Gasteiger partial charge in [0.2, 0.25) is 17.7 Å². The minimum atomic E-state index is 0.498. The number of nitrogens with two attached hydrogens (primary N) is 1. The lowest BCUT2D eigenvalue weighted by atomic mass is 10.3. The number of hydrogen-bond acceptors (Lipinski definition) is 7. The number of methoxy groups -OCH3 is 2. The van der Waals surface area contributed by atoms with Crippen molar-refractivity contribution in [2.45, 2.75) is 0 Å². The Morgan fingerprint density at radius 1 is 1.20 bits per heavy atom. The largest absolute Gasteiger partial charge is 0.481 e. The highest BCUT2D eigenvalue weighted by molar-refractivity contribution is 7.80. The summed E-state index contributed by atoms with van der Waals surface area (Å²) in [6, 6.07) is 1.66. The van der Waals surface area contributed by atoms with E-state index >= 15 is 0 Å². The molecule has 2 heterocycles. The fourth-order valence-electron chi connectivity index (χ4n) is 2.07. The van der Waals surface area contributed by atoms with Crippen LogP contribution < -0.4 is 20.1 Å². The molecular formula is C12H19N5O2S. The molecule has 1 saturated heterocycles. The maximum atomic E-state index is 5.56. The summed E-state index contributed by atoms with van der Waals surface area (Å²) in [5, 5.41) is 0. The molecule has 0 bridgehead atoms. The van der Waals surface area contributed by atoms with Crippen molar-refractivity contribution < 1.29 is 9.47 Å². The standard InChI is InChI=1S/C12H19N5O2S/c1-18-10-7-11(19-2)15-12(14-10)17-5-3-16(4-6-17)8-9(13)20/h7H,3-6,8H2,1-2H3,(H2,13,20). The first-order valence-corrected chi connectivity index (χ1v) is 6.76. The molecule has 0 aliphatic carbocycles. The van der Waals surface area contributed by atoms with E-state index < -0.39 is 0 Å². The highest BCUT2D eigenvalue weighted by Gasteiger charge is 2.20. The molecule has 0 amide bonds. The Bertz CT molecular complexity index is 455. The van der Waals surface area contributed by atoms with E-state index in [-0.39, 0.29) is 0 Å². The van der Waals surface area contributed by atoms with Gasteiger partial charge in [0, 0.05) is 32.7 Å². The molecule has 7 nitrogen and oxygen atoms in total. The highest BCUT2D eigenvalue weighted by Crippen LogP contribution is 2.20. The number of aromatic nitrogens is 2. The lowest BCUT2D eigenvalue weighted by Gasteiger charge is -2.34. The normalized spacial score (nSPS) is 16.0. The Morgan fingerprint density at radius 2 is 1.75 bits per heavy atom. The minimum Gasteiger partial charge on any atom is -0.481 e. The summed E-state index contributed by atoms with van der Waals surface area (Å²) in [4.78, 5) is 13.5. The number of nitrogens with zero attached hydrogens (tertiary/aromatic N) is 4. The van der Waals surface area contributed by atoms with Crippen LogP contribution >= 0.6 is 12.2 Å². The van der Waals surface area contributed by atoms with E-state index in [0.29, 0.717) is 29.2 Å². The Hall–Kier alpha value is -1.67. The third kappa shape index (κ3) is 3.67. The molecule has 1 aromatic heterocycles. The molecule has 0 spiro atoms.